The van der Waals surface area contributed by atoms with Crippen molar-refractivity contribution in [1.82, 2.24) is 9.97 Å². The molecule has 0 aliphatic carbocycles. The zero-order chi connectivity index (χ0) is 15.0. The summed E-state index contributed by atoms with van der Waals surface area (Å²) >= 11 is 1.26. The molecule has 1 aromatic carbocycles. The smallest absolute Gasteiger partial charge is 0.214 e. The van der Waals surface area contributed by atoms with Gasteiger partial charge in [-0.1, -0.05) is 6.92 Å². The highest BCUT2D eigenvalue weighted by Gasteiger charge is 2.19. The molecule has 4 nitrogen and oxygen atoms in total. The summed E-state index contributed by atoms with van der Waals surface area (Å²) in [5.41, 5.74) is 1.32. The van der Waals surface area contributed by atoms with Crippen LogP contribution in [0.15, 0.2) is 29.8 Å². The summed E-state index contributed by atoms with van der Waals surface area (Å²) in [5.74, 6) is -0.593. The number of aromatic amines is 1. The lowest BCUT2D eigenvalue weighted by Gasteiger charge is -2.01. The Bertz CT molecular complexity index is 809. The first-order chi connectivity index (χ1) is 10.1. The maximum Gasteiger partial charge on any atom is 0.214 e. The molecule has 0 aliphatic heterocycles. The van der Waals surface area contributed by atoms with E-state index in [1.807, 2.05) is 6.92 Å². The van der Waals surface area contributed by atoms with Crippen LogP contribution in [0.5, 0.6) is 0 Å². The summed E-state index contributed by atoms with van der Waals surface area (Å²) in [6.07, 6.45) is 1.46. The standard InChI is InChI=1S/C15H13FN2O2S/c1-2-13(19)15-18-12(7-21-15)14(20)10-6-17-11-5-8(16)3-4-9(10)11/h3-7,13,17,19H,2H2,1H3/t13-/m1/s1. The predicted molar refractivity (Wildman–Crippen MR) is 79.1 cm³/mol. The molecule has 3 aromatic rings. The quantitative estimate of drug-likeness (QED) is 0.726. The number of thiazole rings is 1. The molecule has 0 aliphatic rings. The van der Waals surface area contributed by atoms with Crippen molar-refractivity contribution in [2.24, 2.45) is 0 Å². The zero-order valence-corrected chi connectivity index (χ0v) is 12.1. The fraction of sp³-hybridized carbons (Fsp3) is 0.200. The van der Waals surface area contributed by atoms with Crippen LogP contribution in [0.2, 0.25) is 0 Å². The minimum absolute atomic E-state index is 0.237. The van der Waals surface area contributed by atoms with Crippen LogP contribution in [0.3, 0.4) is 0 Å². The number of halogens is 1. The number of carbonyl (C=O) groups is 1. The lowest BCUT2D eigenvalue weighted by atomic mass is 10.1. The average molecular weight is 304 g/mol. The van der Waals surface area contributed by atoms with Crippen LogP contribution in [-0.2, 0) is 0 Å². The molecule has 0 saturated heterocycles. The molecule has 2 heterocycles. The van der Waals surface area contributed by atoms with Gasteiger partial charge in [0, 0.05) is 28.0 Å². The molecule has 0 saturated carbocycles. The molecule has 0 radical (unpaired) electrons. The molecule has 0 unspecified atom stereocenters. The monoisotopic (exact) mass is 304 g/mol. The predicted octanol–water partition coefficient (Wildman–Crippen LogP) is 3.44. The molecule has 6 heteroatoms. The van der Waals surface area contributed by atoms with Crippen LogP contribution in [0.4, 0.5) is 4.39 Å². The Kier molecular flexibility index (Phi) is 3.57. The first-order valence-electron chi connectivity index (χ1n) is 6.55. The second-order valence-electron chi connectivity index (χ2n) is 4.72. The molecular weight excluding hydrogens is 291 g/mol. The zero-order valence-electron chi connectivity index (χ0n) is 11.3. The van der Waals surface area contributed by atoms with Gasteiger partial charge in [-0.25, -0.2) is 9.37 Å². The number of ketones is 1. The van der Waals surface area contributed by atoms with Gasteiger partial charge < -0.3 is 10.1 Å². The minimum atomic E-state index is -0.645. The summed E-state index contributed by atoms with van der Waals surface area (Å²) in [7, 11) is 0. The van der Waals surface area contributed by atoms with Crippen LogP contribution in [0.1, 0.15) is 40.5 Å². The molecular formula is C15H13FN2O2S. The second-order valence-corrected chi connectivity index (χ2v) is 5.61. The van der Waals surface area contributed by atoms with Gasteiger partial charge in [0.05, 0.1) is 0 Å². The highest BCUT2D eigenvalue weighted by molar-refractivity contribution is 7.09. The molecule has 2 N–H and O–H groups in total. The van der Waals surface area contributed by atoms with E-state index in [9.17, 15) is 14.3 Å². The lowest BCUT2D eigenvalue weighted by Crippen LogP contribution is -2.02. The molecule has 0 spiro atoms. The van der Waals surface area contributed by atoms with E-state index < -0.39 is 6.10 Å². The Morgan fingerprint density at radius 1 is 1.52 bits per heavy atom. The van der Waals surface area contributed by atoms with Gasteiger partial charge >= 0.3 is 0 Å². The Morgan fingerprint density at radius 3 is 3.10 bits per heavy atom. The Morgan fingerprint density at radius 2 is 2.33 bits per heavy atom. The molecule has 1 atom stereocenters. The summed E-state index contributed by atoms with van der Waals surface area (Å²) in [6, 6.07) is 4.24. The lowest BCUT2D eigenvalue weighted by molar-refractivity contribution is 0.103. The SMILES string of the molecule is CC[C@@H](O)c1nc(C(=O)c2c[nH]c3cc(F)ccc23)cs1. The Balaban J connectivity index is 1.98. The van der Waals surface area contributed by atoms with E-state index in [4.69, 9.17) is 0 Å². The molecule has 3 rings (SSSR count). The average Bonchev–Trinajstić information content (AvgIpc) is 3.12. The fourth-order valence-electron chi connectivity index (χ4n) is 2.14. The minimum Gasteiger partial charge on any atom is -0.386 e. The van der Waals surface area contributed by atoms with Gasteiger partial charge in [0.25, 0.3) is 0 Å². The number of nitrogens with one attached hydrogen (secondary N) is 1. The van der Waals surface area contributed by atoms with E-state index in [-0.39, 0.29) is 11.6 Å². The first-order valence-corrected chi connectivity index (χ1v) is 7.43. The van der Waals surface area contributed by atoms with Crippen molar-refractivity contribution in [1.29, 1.82) is 0 Å². The summed E-state index contributed by atoms with van der Waals surface area (Å²) in [4.78, 5) is 19.6. The van der Waals surface area contributed by atoms with Crippen molar-refractivity contribution in [3.05, 3.63) is 51.9 Å². The number of nitrogens with zero attached hydrogens (tertiary/aromatic N) is 1. The van der Waals surface area contributed by atoms with Gasteiger partial charge in [0.15, 0.2) is 0 Å². The second kappa shape index (κ2) is 5.38. The Labute approximate surface area is 124 Å². The van der Waals surface area contributed by atoms with Crippen molar-refractivity contribution in [2.45, 2.75) is 19.4 Å². The number of carbonyl (C=O) groups excluding carboxylic acids is 1. The number of hydrogen-bond donors (Lipinski definition) is 2. The van der Waals surface area contributed by atoms with Crippen LogP contribution < -0.4 is 0 Å². The number of H-pyrrole nitrogens is 1. The van der Waals surface area contributed by atoms with Crippen molar-refractivity contribution in [3.8, 4) is 0 Å². The summed E-state index contributed by atoms with van der Waals surface area (Å²) in [5, 5.41) is 12.6. The van der Waals surface area contributed by atoms with E-state index in [2.05, 4.69) is 9.97 Å². The highest BCUT2D eigenvalue weighted by Crippen LogP contribution is 2.25. The molecule has 0 fully saturated rings. The maximum absolute atomic E-state index is 13.2. The van der Waals surface area contributed by atoms with Crippen LogP contribution in [-0.4, -0.2) is 20.9 Å². The normalized spacial score (nSPS) is 12.7. The van der Waals surface area contributed by atoms with Gasteiger partial charge in [-0.2, -0.15) is 0 Å². The molecule has 108 valence electrons. The third kappa shape index (κ3) is 2.48. The van der Waals surface area contributed by atoms with Gasteiger partial charge in [-0.05, 0) is 24.6 Å². The number of aliphatic hydroxyl groups excluding tert-OH is 1. The number of hydrogen-bond acceptors (Lipinski definition) is 4. The molecule has 0 amide bonds. The molecule has 0 bridgehead atoms. The van der Waals surface area contributed by atoms with Gasteiger partial charge in [0.1, 0.15) is 22.6 Å². The largest absolute Gasteiger partial charge is 0.386 e. The number of rotatable bonds is 4. The van der Waals surface area contributed by atoms with Crippen LogP contribution in [0, 0.1) is 5.82 Å². The van der Waals surface area contributed by atoms with E-state index in [0.29, 0.717) is 33.6 Å². The fourth-order valence-corrected chi connectivity index (χ4v) is 3.01. The van der Waals surface area contributed by atoms with Gasteiger partial charge in [-0.15, -0.1) is 11.3 Å². The van der Waals surface area contributed by atoms with Crippen LogP contribution >= 0.6 is 11.3 Å². The molecule has 2 aromatic heterocycles. The van der Waals surface area contributed by atoms with Crippen LogP contribution in [0.25, 0.3) is 10.9 Å². The van der Waals surface area contributed by atoms with E-state index >= 15 is 0 Å². The number of aromatic nitrogens is 2. The van der Waals surface area contributed by atoms with Gasteiger partial charge in [-0.3, -0.25) is 4.79 Å². The third-order valence-electron chi connectivity index (χ3n) is 3.31. The van der Waals surface area contributed by atoms with Gasteiger partial charge in [0.2, 0.25) is 5.78 Å². The van der Waals surface area contributed by atoms with E-state index in [0.717, 1.165) is 0 Å². The summed E-state index contributed by atoms with van der Waals surface area (Å²) < 4.78 is 13.2. The molecule has 21 heavy (non-hydrogen) atoms. The summed E-state index contributed by atoms with van der Waals surface area (Å²) in [6.45, 7) is 1.85. The van der Waals surface area contributed by atoms with Crippen molar-refractivity contribution in [3.63, 3.8) is 0 Å². The number of fused-ring (bicyclic) bond motifs is 1. The number of benzene rings is 1. The van der Waals surface area contributed by atoms with E-state index in [1.54, 1.807) is 17.6 Å². The first kappa shape index (κ1) is 13.9. The van der Waals surface area contributed by atoms with Crippen molar-refractivity contribution >= 4 is 28.0 Å². The number of aliphatic hydroxyl groups is 1. The topological polar surface area (TPSA) is 66.0 Å². The third-order valence-corrected chi connectivity index (χ3v) is 4.26. The Hall–Kier alpha value is -2.05. The van der Waals surface area contributed by atoms with E-state index in [1.165, 1.54) is 23.5 Å². The highest BCUT2D eigenvalue weighted by atomic mass is 32.1. The van der Waals surface area contributed by atoms with Crippen molar-refractivity contribution in [2.75, 3.05) is 0 Å². The van der Waals surface area contributed by atoms with Crippen molar-refractivity contribution < 1.29 is 14.3 Å². The maximum atomic E-state index is 13.2.